The maximum absolute atomic E-state index is 4.31. The van der Waals surface area contributed by atoms with Crippen LogP contribution in [0, 0.1) is 0 Å². The van der Waals surface area contributed by atoms with Crippen LogP contribution in [0.15, 0.2) is 4.99 Å². The van der Waals surface area contributed by atoms with Crippen molar-refractivity contribution in [3.05, 3.63) is 0 Å². The molecule has 0 aliphatic carbocycles. The minimum atomic E-state index is 0.0260. The topological polar surface area (TPSA) is 24.4 Å². The Hall–Kier alpha value is -0.530. The molecule has 0 atom stereocenters. The van der Waals surface area contributed by atoms with E-state index in [2.05, 4.69) is 51.9 Å². The molecule has 66 valence electrons. The molecule has 0 aromatic rings. The average molecular weight is 156 g/mol. The summed E-state index contributed by atoms with van der Waals surface area (Å²) >= 11 is 0. The van der Waals surface area contributed by atoms with Crippen LogP contribution in [0.25, 0.3) is 0 Å². The van der Waals surface area contributed by atoms with Crippen LogP contribution in [0.4, 0.5) is 0 Å². The molecule has 0 spiro atoms. The third-order valence-electron chi connectivity index (χ3n) is 0.949. The van der Waals surface area contributed by atoms with Crippen molar-refractivity contribution >= 4 is 6.34 Å². The summed E-state index contributed by atoms with van der Waals surface area (Å²) in [5.41, 5.74) is 0.146. The summed E-state index contributed by atoms with van der Waals surface area (Å²) in [6.07, 6.45) is 1.79. The van der Waals surface area contributed by atoms with E-state index in [0.717, 1.165) is 0 Å². The van der Waals surface area contributed by atoms with Crippen molar-refractivity contribution in [2.45, 2.75) is 52.6 Å². The lowest BCUT2D eigenvalue weighted by molar-refractivity contribution is 0.509. The minimum absolute atomic E-state index is 0.0260. The predicted molar refractivity (Wildman–Crippen MR) is 51.1 cm³/mol. The number of hydrogen-bond acceptors (Lipinski definition) is 1. The van der Waals surface area contributed by atoms with Gasteiger partial charge < -0.3 is 5.32 Å². The fourth-order valence-corrected chi connectivity index (χ4v) is 0.420. The van der Waals surface area contributed by atoms with E-state index in [4.69, 9.17) is 0 Å². The summed E-state index contributed by atoms with van der Waals surface area (Å²) in [6.45, 7) is 12.6. The van der Waals surface area contributed by atoms with E-state index in [1.54, 1.807) is 6.34 Å². The highest BCUT2D eigenvalue weighted by Crippen LogP contribution is 2.04. The van der Waals surface area contributed by atoms with Gasteiger partial charge in [-0.2, -0.15) is 0 Å². The normalized spacial score (nSPS) is 14.0. The molecule has 0 saturated heterocycles. The highest BCUT2D eigenvalue weighted by molar-refractivity contribution is 5.56. The molecule has 0 aliphatic heterocycles. The third-order valence-corrected chi connectivity index (χ3v) is 0.949. The highest BCUT2D eigenvalue weighted by atomic mass is 15.0. The standard InChI is InChI=1S/C9H20N2/c1-8(2,3)10-7-11-9(4,5)6/h7H,1-6H3,(H,10,11). The molecule has 0 aromatic carbocycles. The molecule has 2 nitrogen and oxygen atoms in total. The maximum atomic E-state index is 4.31. The zero-order chi connectivity index (χ0) is 9.12. The molecule has 0 heterocycles. The third kappa shape index (κ3) is 9.47. The molecule has 1 N–H and O–H groups in total. The lowest BCUT2D eigenvalue weighted by atomic mass is 10.1. The summed E-state index contributed by atoms with van der Waals surface area (Å²) < 4.78 is 0. The van der Waals surface area contributed by atoms with E-state index in [0.29, 0.717) is 0 Å². The fraction of sp³-hybridized carbons (Fsp3) is 0.889. The van der Waals surface area contributed by atoms with Crippen LogP contribution in [0.1, 0.15) is 41.5 Å². The smallest absolute Gasteiger partial charge is 0.0834 e. The number of aliphatic imine (C=N–C) groups is 1. The van der Waals surface area contributed by atoms with E-state index >= 15 is 0 Å². The largest absolute Gasteiger partial charge is 0.372 e. The van der Waals surface area contributed by atoms with Gasteiger partial charge >= 0.3 is 0 Å². The van der Waals surface area contributed by atoms with Crippen molar-refractivity contribution in [2.75, 3.05) is 0 Å². The number of nitrogens with zero attached hydrogens (tertiary/aromatic N) is 1. The molecule has 11 heavy (non-hydrogen) atoms. The van der Waals surface area contributed by atoms with Crippen molar-refractivity contribution < 1.29 is 0 Å². The summed E-state index contributed by atoms with van der Waals surface area (Å²) in [6, 6.07) is 0. The number of hydrogen-bond donors (Lipinski definition) is 1. The first-order valence-corrected chi connectivity index (χ1v) is 4.02. The molecule has 0 unspecified atom stereocenters. The number of rotatable bonds is 1. The second-order valence-corrected chi connectivity index (χ2v) is 4.82. The van der Waals surface area contributed by atoms with E-state index < -0.39 is 0 Å². The van der Waals surface area contributed by atoms with E-state index in [1.165, 1.54) is 0 Å². The van der Waals surface area contributed by atoms with Gasteiger partial charge in [-0.3, -0.25) is 4.99 Å². The van der Waals surface area contributed by atoms with Crippen molar-refractivity contribution in [2.24, 2.45) is 4.99 Å². The lowest BCUT2D eigenvalue weighted by Gasteiger charge is -2.19. The van der Waals surface area contributed by atoms with Gasteiger partial charge in [-0.05, 0) is 41.5 Å². The molecule has 0 bridgehead atoms. The van der Waals surface area contributed by atoms with Crippen LogP contribution >= 0.6 is 0 Å². The molecular weight excluding hydrogens is 136 g/mol. The van der Waals surface area contributed by atoms with Crippen LogP contribution in [-0.4, -0.2) is 17.4 Å². The van der Waals surface area contributed by atoms with Crippen molar-refractivity contribution in [1.82, 2.24) is 5.32 Å². The summed E-state index contributed by atoms with van der Waals surface area (Å²) in [7, 11) is 0. The van der Waals surface area contributed by atoms with Crippen LogP contribution < -0.4 is 5.32 Å². The summed E-state index contributed by atoms with van der Waals surface area (Å²) in [5, 5.41) is 3.19. The molecule has 0 aliphatic rings. The second-order valence-electron chi connectivity index (χ2n) is 4.82. The molecule has 0 fully saturated rings. The van der Waals surface area contributed by atoms with Gasteiger partial charge in [-0.25, -0.2) is 0 Å². The molecular formula is C9H20N2. The van der Waals surface area contributed by atoms with E-state index in [-0.39, 0.29) is 11.1 Å². The monoisotopic (exact) mass is 156 g/mol. The summed E-state index contributed by atoms with van der Waals surface area (Å²) in [4.78, 5) is 4.31. The zero-order valence-electron chi connectivity index (χ0n) is 8.52. The van der Waals surface area contributed by atoms with Crippen molar-refractivity contribution in [3.8, 4) is 0 Å². The highest BCUT2D eigenvalue weighted by Gasteiger charge is 2.08. The molecule has 0 radical (unpaired) electrons. The molecule has 0 amide bonds. The van der Waals surface area contributed by atoms with Gasteiger partial charge in [0.25, 0.3) is 0 Å². The maximum Gasteiger partial charge on any atom is 0.0834 e. The predicted octanol–water partition coefficient (Wildman–Crippen LogP) is 2.20. The van der Waals surface area contributed by atoms with Crippen molar-refractivity contribution in [1.29, 1.82) is 0 Å². The Balaban J connectivity index is 3.80. The van der Waals surface area contributed by atoms with Gasteiger partial charge in [0, 0.05) is 5.54 Å². The van der Waals surface area contributed by atoms with Gasteiger partial charge in [0.05, 0.1) is 11.9 Å². The average Bonchev–Trinajstić information content (AvgIpc) is 1.55. The summed E-state index contributed by atoms with van der Waals surface area (Å²) in [5.74, 6) is 0. The SMILES string of the molecule is CC(C)(C)N=CNC(C)(C)C. The van der Waals surface area contributed by atoms with Crippen LogP contribution in [-0.2, 0) is 0 Å². The molecule has 0 aromatic heterocycles. The zero-order valence-corrected chi connectivity index (χ0v) is 8.52. The van der Waals surface area contributed by atoms with Gasteiger partial charge in [0.15, 0.2) is 0 Å². The van der Waals surface area contributed by atoms with Crippen molar-refractivity contribution in [3.63, 3.8) is 0 Å². The lowest BCUT2D eigenvalue weighted by Crippen LogP contribution is -2.35. The Kier molecular flexibility index (Phi) is 3.09. The Morgan fingerprint density at radius 1 is 1.00 bits per heavy atom. The number of nitrogens with one attached hydrogen (secondary N) is 1. The first kappa shape index (κ1) is 10.5. The van der Waals surface area contributed by atoms with E-state index in [9.17, 15) is 0 Å². The Labute approximate surface area is 70.1 Å². The van der Waals surface area contributed by atoms with Gasteiger partial charge in [0.1, 0.15) is 0 Å². The van der Waals surface area contributed by atoms with E-state index in [1.807, 2.05) is 0 Å². The fourth-order valence-electron chi connectivity index (χ4n) is 0.420. The second kappa shape index (κ2) is 3.24. The quantitative estimate of drug-likeness (QED) is 0.457. The Bertz CT molecular complexity index is 135. The minimum Gasteiger partial charge on any atom is -0.372 e. The van der Waals surface area contributed by atoms with Crippen LogP contribution in [0.3, 0.4) is 0 Å². The Morgan fingerprint density at radius 3 is 1.73 bits per heavy atom. The van der Waals surface area contributed by atoms with Crippen LogP contribution in [0.2, 0.25) is 0 Å². The van der Waals surface area contributed by atoms with Gasteiger partial charge in [-0.1, -0.05) is 0 Å². The van der Waals surface area contributed by atoms with Gasteiger partial charge in [-0.15, -0.1) is 0 Å². The first-order valence-electron chi connectivity index (χ1n) is 4.02. The first-order chi connectivity index (χ1) is 4.71. The van der Waals surface area contributed by atoms with Gasteiger partial charge in [0.2, 0.25) is 0 Å². The van der Waals surface area contributed by atoms with Crippen LogP contribution in [0.5, 0.6) is 0 Å². The molecule has 2 heteroatoms. The molecule has 0 rings (SSSR count). The Morgan fingerprint density at radius 2 is 1.45 bits per heavy atom. The molecule has 0 saturated carbocycles.